The summed E-state index contributed by atoms with van der Waals surface area (Å²) in [5.41, 5.74) is 0.108. The van der Waals surface area contributed by atoms with E-state index in [1.165, 1.54) is 0 Å². The van der Waals surface area contributed by atoms with Crippen LogP contribution in [0, 0.1) is 0 Å². The number of nitrogens with one attached hydrogen (secondary N) is 1. The fourth-order valence-corrected chi connectivity index (χ4v) is 2.29. The molecule has 1 atom stereocenters. The van der Waals surface area contributed by atoms with Crippen molar-refractivity contribution in [3.05, 3.63) is 29.8 Å². The van der Waals surface area contributed by atoms with E-state index in [-0.39, 0.29) is 25.7 Å². The zero-order chi connectivity index (χ0) is 13.7. The van der Waals surface area contributed by atoms with Crippen LogP contribution >= 0.6 is 0 Å². The number of ether oxygens (including phenoxy) is 1. The van der Waals surface area contributed by atoms with Crippen LogP contribution in [-0.4, -0.2) is 53.8 Å². The van der Waals surface area contributed by atoms with Gasteiger partial charge < -0.3 is 25.4 Å². The average molecular weight is 267 g/mol. The first-order chi connectivity index (χ1) is 9.24. The number of hydrogen-bond donors (Lipinski definition) is 4. The Morgan fingerprint density at radius 2 is 1.84 bits per heavy atom. The number of aliphatic hydroxyl groups is 3. The fourth-order valence-electron chi connectivity index (χ4n) is 2.29. The summed E-state index contributed by atoms with van der Waals surface area (Å²) in [4.78, 5) is 0. The van der Waals surface area contributed by atoms with Crippen LogP contribution in [0.2, 0.25) is 0 Å². The molecular weight excluding hydrogens is 246 g/mol. The van der Waals surface area contributed by atoms with E-state index in [4.69, 9.17) is 4.74 Å². The van der Waals surface area contributed by atoms with Crippen molar-refractivity contribution < 1.29 is 20.1 Å². The summed E-state index contributed by atoms with van der Waals surface area (Å²) in [6, 6.07) is 7.88. The molecule has 4 N–H and O–H groups in total. The largest absolute Gasteiger partial charge is 0.493 e. The maximum absolute atomic E-state index is 9.29. The summed E-state index contributed by atoms with van der Waals surface area (Å²) in [7, 11) is 0. The Hall–Kier alpha value is -1.14. The van der Waals surface area contributed by atoms with E-state index in [9.17, 15) is 15.3 Å². The van der Waals surface area contributed by atoms with Gasteiger partial charge in [0, 0.05) is 12.5 Å². The third-order valence-electron chi connectivity index (χ3n) is 3.71. The van der Waals surface area contributed by atoms with Crippen LogP contribution in [-0.2, 0) is 0 Å². The van der Waals surface area contributed by atoms with E-state index in [1.54, 1.807) is 0 Å². The zero-order valence-corrected chi connectivity index (χ0v) is 10.9. The molecule has 5 nitrogen and oxygen atoms in total. The third kappa shape index (κ3) is 3.06. The Kier molecular flexibility index (Phi) is 4.76. The summed E-state index contributed by atoms with van der Waals surface area (Å²) in [6.45, 7) is 0.344. The Balaban J connectivity index is 2.05. The van der Waals surface area contributed by atoms with Crippen molar-refractivity contribution >= 4 is 0 Å². The molecule has 0 spiro atoms. The van der Waals surface area contributed by atoms with Crippen LogP contribution in [0.15, 0.2) is 24.3 Å². The molecule has 0 saturated carbocycles. The van der Waals surface area contributed by atoms with E-state index in [0.29, 0.717) is 13.2 Å². The maximum atomic E-state index is 9.29. The summed E-state index contributed by atoms with van der Waals surface area (Å²) in [5, 5.41) is 31.0. The van der Waals surface area contributed by atoms with E-state index >= 15 is 0 Å². The Morgan fingerprint density at radius 1 is 1.16 bits per heavy atom. The minimum absolute atomic E-state index is 0.258. The molecule has 0 aliphatic carbocycles. The summed E-state index contributed by atoms with van der Waals surface area (Å²) >= 11 is 0. The summed E-state index contributed by atoms with van der Waals surface area (Å²) in [6.07, 6.45) is 0.877. The Bertz CT molecular complexity index is 398. The SMILES string of the molecule is OCC(CO)(CO)NCC1CCOc2ccccc21. The standard InChI is InChI=1S/C14H21NO4/c16-8-14(9-17,10-18)15-7-11-5-6-19-13-4-2-1-3-12(11)13/h1-4,11,15-18H,5-10H2. The minimum atomic E-state index is -1.02. The first-order valence-corrected chi connectivity index (χ1v) is 6.54. The van der Waals surface area contributed by atoms with Crippen LogP contribution in [0.4, 0.5) is 0 Å². The van der Waals surface area contributed by atoms with Gasteiger partial charge in [-0.2, -0.15) is 0 Å². The molecule has 0 bridgehead atoms. The van der Waals surface area contributed by atoms with E-state index in [0.717, 1.165) is 17.7 Å². The number of fused-ring (bicyclic) bond motifs is 1. The van der Waals surface area contributed by atoms with Crippen molar-refractivity contribution in [2.45, 2.75) is 17.9 Å². The molecule has 1 heterocycles. The predicted molar refractivity (Wildman–Crippen MR) is 71.3 cm³/mol. The number of hydrogen-bond acceptors (Lipinski definition) is 5. The lowest BCUT2D eigenvalue weighted by atomic mass is 9.91. The van der Waals surface area contributed by atoms with Crippen LogP contribution < -0.4 is 10.1 Å². The maximum Gasteiger partial charge on any atom is 0.122 e. The quantitative estimate of drug-likeness (QED) is 0.577. The van der Waals surface area contributed by atoms with Crippen molar-refractivity contribution in [2.24, 2.45) is 0 Å². The van der Waals surface area contributed by atoms with E-state index in [1.807, 2.05) is 24.3 Å². The van der Waals surface area contributed by atoms with Crippen molar-refractivity contribution in [1.82, 2.24) is 5.32 Å². The molecule has 1 unspecified atom stereocenters. The highest BCUT2D eigenvalue weighted by molar-refractivity contribution is 5.38. The second-order valence-corrected chi connectivity index (χ2v) is 5.01. The van der Waals surface area contributed by atoms with Gasteiger partial charge in [0.05, 0.1) is 32.0 Å². The number of para-hydroxylation sites is 1. The smallest absolute Gasteiger partial charge is 0.122 e. The molecule has 1 aromatic carbocycles. The van der Waals surface area contributed by atoms with Crippen LogP contribution in [0.3, 0.4) is 0 Å². The normalized spacial score (nSPS) is 18.8. The second kappa shape index (κ2) is 6.34. The molecule has 0 radical (unpaired) electrons. The average Bonchev–Trinajstić information content (AvgIpc) is 2.49. The highest BCUT2D eigenvalue weighted by atomic mass is 16.5. The van der Waals surface area contributed by atoms with Gasteiger partial charge in [0.2, 0.25) is 0 Å². The van der Waals surface area contributed by atoms with Gasteiger partial charge in [-0.05, 0) is 18.1 Å². The molecule has 0 amide bonds. The molecule has 0 saturated heterocycles. The van der Waals surface area contributed by atoms with Gasteiger partial charge in [-0.15, -0.1) is 0 Å². The fraction of sp³-hybridized carbons (Fsp3) is 0.571. The first-order valence-electron chi connectivity index (χ1n) is 6.54. The molecule has 2 rings (SSSR count). The predicted octanol–water partition coefficient (Wildman–Crippen LogP) is -0.142. The Morgan fingerprint density at radius 3 is 2.53 bits per heavy atom. The van der Waals surface area contributed by atoms with Gasteiger partial charge in [0.15, 0.2) is 0 Å². The van der Waals surface area contributed by atoms with Crippen LogP contribution in [0.25, 0.3) is 0 Å². The lowest BCUT2D eigenvalue weighted by molar-refractivity contribution is 0.0408. The summed E-state index contributed by atoms with van der Waals surface area (Å²) in [5.74, 6) is 1.15. The molecule has 19 heavy (non-hydrogen) atoms. The van der Waals surface area contributed by atoms with Crippen LogP contribution in [0.1, 0.15) is 17.9 Å². The molecular formula is C14H21NO4. The van der Waals surface area contributed by atoms with E-state index in [2.05, 4.69) is 5.32 Å². The zero-order valence-electron chi connectivity index (χ0n) is 10.9. The van der Waals surface area contributed by atoms with Crippen molar-refractivity contribution in [2.75, 3.05) is 33.0 Å². The third-order valence-corrected chi connectivity index (χ3v) is 3.71. The number of benzene rings is 1. The van der Waals surface area contributed by atoms with Gasteiger partial charge in [-0.25, -0.2) is 0 Å². The van der Waals surface area contributed by atoms with Gasteiger partial charge in [0.25, 0.3) is 0 Å². The molecule has 1 aliphatic rings. The molecule has 5 heteroatoms. The highest BCUT2D eigenvalue weighted by Gasteiger charge is 2.30. The molecule has 0 aromatic heterocycles. The monoisotopic (exact) mass is 267 g/mol. The highest BCUT2D eigenvalue weighted by Crippen LogP contribution is 2.33. The van der Waals surface area contributed by atoms with Gasteiger partial charge in [-0.3, -0.25) is 0 Å². The van der Waals surface area contributed by atoms with Crippen molar-refractivity contribution in [3.8, 4) is 5.75 Å². The molecule has 106 valence electrons. The number of aliphatic hydroxyl groups excluding tert-OH is 3. The topological polar surface area (TPSA) is 82.0 Å². The van der Waals surface area contributed by atoms with Gasteiger partial charge in [-0.1, -0.05) is 18.2 Å². The molecule has 1 aromatic rings. The summed E-state index contributed by atoms with van der Waals surface area (Å²) < 4.78 is 5.59. The molecule has 0 fully saturated rings. The first kappa shape index (κ1) is 14.3. The van der Waals surface area contributed by atoms with Crippen molar-refractivity contribution in [3.63, 3.8) is 0 Å². The molecule has 1 aliphatic heterocycles. The van der Waals surface area contributed by atoms with Gasteiger partial charge >= 0.3 is 0 Å². The lowest BCUT2D eigenvalue weighted by Crippen LogP contribution is -2.55. The van der Waals surface area contributed by atoms with E-state index < -0.39 is 5.54 Å². The van der Waals surface area contributed by atoms with Crippen molar-refractivity contribution in [1.29, 1.82) is 0 Å². The second-order valence-electron chi connectivity index (χ2n) is 5.01. The Labute approximate surface area is 112 Å². The van der Waals surface area contributed by atoms with Crippen LogP contribution in [0.5, 0.6) is 5.75 Å². The lowest BCUT2D eigenvalue weighted by Gasteiger charge is -2.33. The minimum Gasteiger partial charge on any atom is -0.493 e. The van der Waals surface area contributed by atoms with Gasteiger partial charge in [0.1, 0.15) is 5.75 Å². The number of rotatable bonds is 6.